The second-order valence-corrected chi connectivity index (χ2v) is 7.46. The number of rotatable bonds is 5. The number of hydrogen-bond donors (Lipinski definition) is 3. The molecule has 0 bridgehead atoms. The minimum absolute atomic E-state index is 0. The van der Waals surface area contributed by atoms with Crippen LogP contribution in [0, 0.1) is 5.92 Å². The van der Waals surface area contributed by atoms with Crippen molar-refractivity contribution >= 4 is 30.3 Å². The number of amides is 4. The summed E-state index contributed by atoms with van der Waals surface area (Å²) in [7, 11) is 0. The predicted octanol–water partition coefficient (Wildman–Crippen LogP) is 0.905. The maximum absolute atomic E-state index is 12.7. The van der Waals surface area contributed by atoms with Crippen LogP contribution in [0.15, 0.2) is 0 Å². The summed E-state index contributed by atoms with van der Waals surface area (Å²) in [6.07, 6.45) is 5.26. The summed E-state index contributed by atoms with van der Waals surface area (Å²) < 4.78 is 0. The van der Waals surface area contributed by atoms with Gasteiger partial charge in [-0.15, -0.1) is 12.4 Å². The molecule has 1 aliphatic heterocycles. The highest BCUT2D eigenvalue weighted by Gasteiger charge is 2.55. The maximum atomic E-state index is 12.7. The number of hydrogen-bond acceptors (Lipinski definition) is 4. The fourth-order valence-corrected chi connectivity index (χ4v) is 3.85. The van der Waals surface area contributed by atoms with E-state index in [2.05, 4.69) is 10.6 Å². The highest BCUT2D eigenvalue weighted by molar-refractivity contribution is 6.10. The SMILES string of the molecule is CC(C(=O)NC(C)(CN)C1CC1)N1C(=O)NC2(CCCC2)C1=O.Cl. The highest BCUT2D eigenvalue weighted by atomic mass is 35.5. The number of nitrogens with zero attached hydrogens (tertiary/aromatic N) is 1. The predicted molar refractivity (Wildman–Crippen MR) is 91.6 cm³/mol. The standard InChI is InChI=1S/C16H26N4O3.ClH/c1-10(12(21)18-15(2,9-17)11-5-6-11)20-13(22)16(19-14(20)23)7-3-4-8-16;/h10-11H,3-9,17H2,1-2H3,(H,18,21)(H,19,23);1H. The number of halogens is 1. The normalized spacial score (nSPS) is 25.9. The Kier molecular flexibility index (Phi) is 5.16. The molecular weight excluding hydrogens is 332 g/mol. The van der Waals surface area contributed by atoms with Crippen LogP contribution in [0.4, 0.5) is 4.79 Å². The van der Waals surface area contributed by atoms with Crippen LogP contribution in [-0.2, 0) is 9.59 Å². The molecule has 2 aliphatic carbocycles. The molecule has 3 aliphatic rings. The van der Waals surface area contributed by atoms with E-state index in [1.54, 1.807) is 6.92 Å². The first-order chi connectivity index (χ1) is 10.8. The van der Waals surface area contributed by atoms with Gasteiger partial charge in [-0.25, -0.2) is 9.69 Å². The van der Waals surface area contributed by atoms with Gasteiger partial charge < -0.3 is 16.4 Å². The second-order valence-electron chi connectivity index (χ2n) is 7.46. The average Bonchev–Trinajstić information content (AvgIpc) is 3.23. The smallest absolute Gasteiger partial charge is 0.325 e. The van der Waals surface area contributed by atoms with Crippen LogP contribution in [0.5, 0.6) is 0 Å². The van der Waals surface area contributed by atoms with E-state index in [1.807, 2.05) is 6.92 Å². The minimum atomic E-state index is -0.827. The Bertz CT molecular complexity index is 545. The summed E-state index contributed by atoms with van der Waals surface area (Å²) in [5, 5.41) is 5.77. The summed E-state index contributed by atoms with van der Waals surface area (Å²) in [5.74, 6) is -0.195. The number of urea groups is 1. The molecule has 3 rings (SSSR count). The Morgan fingerprint density at radius 3 is 2.50 bits per heavy atom. The van der Waals surface area contributed by atoms with Crippen LogP contribution in [0.1, 0.15) is 52.4 Å². The van der Waals surface area contributed by atoms with E-state index in [4.69, 9.17) is 5.73 Å². The Morgan fingerprint density at radius 2 is 2.00 bits per heavy atom. The van der Waals surface area contributed by atoms with E-state index in [-0.39, 0.29) is 24.2 Å². The summed E-state index contributed by atoms with van der Waals surface area (Å²) >= 11 is 0. The highest BCUT2D eigenvalue weighted by Crippen LogP contribution is 2.39. The zero-order chi connectivity index (χ0) is 16.8. The van der Waals surface area contributed by atoms with E-state index >= 15 is 0 Å². The monoisotopic (exact) mass is 358 g/mol. The van der Waals surface area contributed by atoms with Gasteiger partial charge in [0.1, 0.15) is 11.6 Å². The molecule has 0 aromatic heterocycles. The molecule has 0 aromatic rings. The van der Waals surface area contributed by atoms with Crippen molar-refractivity contribution < 1.29 is 14.4 Å². The van der Waals surface area contributed by atoms with E-state index < -0.39 is 23.2 Å². The van der Waals surface area contributed by atoms with Gasteiger partial charge in [0.2, 0.25) is 5.91 Å². The van der Waals surface area contributed by atoms with Gasteiger partial charge >= 0.3 is 6.03 Å². The fourth-order valence-electron chi connectivity index (χ4n) is 3.85. The third-order valence-electron chi connectivity index (χ3n) is 5.73. The molecular formula is C16H27ClN4O3. The molecule has 2 atom stereocenters. The molecule has 8 heteroatoms. The van der Waals surface area contributed by atoms with Gasteiger partial charge in [0.25, 0.3) is 5.91 Å². The van der Waals surface area contributed by atoms with Crippen molar-refractivity contribution in [3.05, 3.63) is 0 Å². The van der Waals surface area contributed by atoms with Crippen molar-refractivity contribution in [2.45, 2.75) is 69.5 Å². The Hall–Kier alpha value is -1.34. The minimum Gasteiger partial charge on any atom is -0.348 e. The molecule has 2 saturated carbocycles. The lowest BCUT2D eigenvalue weighted by Gasteiger charge is -2.32. The number of carbonyl (C=O) groups excluding carboxylic acids is 3. The lowest BCUT2D eigenvalue weighted by molar-refractivity contribution is -0.138. The molecule has 3 fully saturated rings. The first-order valence-corrected chi connectivity index (χ1v) is 8.51. The quantitative estimate of drug-likeness (QED) is 0.635. The van der Waals surface area contributed by atoms with Crippen molar-refractivity contribution in [3.8, 4) is 0 Å². The molecule has 136 valence electrons. The van der Waals surface area contributed by atoms with E-state index in [0.29, 0.717) is 25.3 Å². The molecule has 1 heterocycles. The van der Waals surface area contributed by atoms with Crippen molar-refractivity contribution in [3.63, 3.8) is 0 Å². The van der Waals surface area contributed by atoms with Crippen molar-refractivity contribution in [1.82, 2.24) is 15.5 Å². The zero-order valence-electron chi connectivity index (χ0n) is 14.3. The van der Waals surface area contributed by atoms with Crippen molar-refractivity contribution in [2.24, 2.45) is 11.7 Å². The van der Waals surface area contributed by atoms with Crippen LogP contribution in [0.2, 0.25) is 0 Å². The Morgan fingerprint density at radius 1 is 1.42 bits per heavy atom. The lowest BCUT2D eigenvalue weighted by Crippen LogP contribution is -2.58. The number of imide groups is 1. The molecule has 24 heavy (non-hydrogen) atoms. The number of nitrogens with two attached hydrogens (primary N) is 1. The topological polar surface area (TPSA) is 105 Å². The van der Waals surface area contributed by atoms with Gasteiger partial charge in [-0.3, -0.25) is 9.59 Å². The molecule has 0 radical (unpaired) electrons. The van der Waals surface area contributed by atoms with E-state index in [1.165, 1.54) is 0 Å². The van der Waals surface area contributed by atoms with E-state index in [9.17, 15) is 14.4 Å². The summed E-state index contributed by atoms with van der Waals surface area (Å²) in [4.78, 5) is 38.6. The zero-order valence-corrected chi connectivity index (χ0v) is 15.1. The first-order valence-electron chi connectivity index (χ1n) is 8.51. The summed E-state index contributed by atoms with van der Waals surface area (Å²) in [5.41, 5.74) is 4.58. The molecule has 4 N–H and O–H groups in total. The molecule has 2 unspecified atom stereocenters. The largest absolute Gasteiger partial charge is 0.348 e. The van der Waals surface area contributed by atoms with Crippen LogP contribution >= 0.6 is 12.4 Å². The van der Waals surface area contributed by atoms with Crippen molar-refractivity contribution in [2.75, 3.05) is 6.54 Å². The average molecular weight is 359 g/mol. The maximum Gasteiger partial charge on any atom is 0.325 e. The number of carbonyl (C=O) groups is 3. The molecule has 7 nitrogen and oxygen atoms in total. The van der Waals surface area contributed by atoms with Crippen molar-refractivity contribution in [1.29, 1.82) is 0 Å². The second kappa shape index (κ2) is 6.52. The van der Waals surface area contributed by atoms with Crippen LogP contribution in [0.3, 0.4) is 0 Å². The molecule has 1 spiro atoms. The van der Waals surface area contributed by atoms with Crippen LogP contribution in [-0.4, -0.2) is 46.4 Å². The van der Waals surface area contributed by atoms with Gasteiger partial charge in [0, 0.05) is 6.54 Å². The van der Waals surface area contributed by atoms with Gasteiger partial charge in [-0.05, 0) is 45.4 Å². The van der Waals surface area contributed by atoms with Crippen LogP contribution < -0.4 is 16.4 Å². The van der Waals surface area contributed by atoms with Gasteiger partial charge in [0.05, 0.1) is 5.54 Å². The number of nitrogens with one attached hydrogen (secondary N) is 2. The summed E-state index contributed by atoms with van der Waals surface area (Å²) in [6.45, 7) is 3.88. The molecule has 4 amide bonds. The molecule has 1 saturated heterocycles. The van der Waals surface area contributed by atoms with Gasteiger partial charge in [0.15, 0.2) is 0 Å². The third kappa shape index (κ3) is 2.99. The Balaban J connectivity index is 0.00000208. The lowest BCUT2D eigenvalue weighted by atomic mass is 9.95. The molecule has 0 aromatic carbocycles. The van der Waals surface area contributed by atoms with E-state index in [0.717, 1.165) is 30.6 Å². The Labute approximate surface area is 148 Å². The van der Waals surface area contributed by atoms with Gasteiger partial charge in [-0.2, -0.15) is 0 Å². The fraction of sp³-hybridized carbons (Fsp3) is 0.812. The van der Waals surface area contributed by atoms with Crippen LogP contribution in [0.25, 0.3) is 0 Å². The third-order valence-corrected chi connectivity index (χ3v) is 5.73. The summed E-state index contributed by atoms with van der Waals surface area (Å²) in [6, 6.07) is -1.28. The first kappa shape index (κ1) is 19.0. The van der Waals surface area contributed by atoms with Gasteiger partial charge in [-0.1, -0.05) is 12.8 Å².